The molecule has 0 spiro atoms. The van der Waals surface area contributed by atoms with Crippen molar-refractivity contribution in [2.24, 2.45) is 0 Å². The molecule has 7 heteroatoms. The predicted molar refractivity (Wildman–Crippen MR) is 106 cm³/mol. The number of hydrogen-bond donors (Lipinski definition) is 2. The van der Waals surface area contributed by atoms with Crippen LogP contribution in [0.2, 0.25) is 0 Å². The number of amides is 1. The first-order chi connectivity index (χ1) is 13.1. The van der Waals surface area contributed by atoms with Crippen molar-refractivity contribution in [1.29, 1.82) is 0 Å². The van der Waals surface area contributed by atoms with Crippen molar-refractivity contribution in [3.8, 4) is 0 Å². The van der Waals surface area contributed by atoms with E-state index in [1.54, 1.807) is 33.8 Å². The van der Waals surface area contributed by atoms with Gasteiger partial charge in [0.15, 0.2) is 6.61 Å². The van der Waals surface area contributed by atoms with Crippen LogP contribution in [0.4, 0.5) is 5.69 Å². The largest absolute Gasteiger partial charge is 0.459 e. The number of carbonyl (C=O) groups excluding carboxylic acids is 3. The number of nitrogens with one attached hydrogen (secondary N) is 2. The average Bonchev–Trinajstić information content (AvgIpc) is 2.91. The molecule has 1 aromatic heterocycles. The lowest BCUT2D eigenvalue weighted by Crippen LogP contribution is -2.22. The van der Waals surface area contributed by atoms with Crippen LogP contribution in [0.3, 0.4) is 0 Å². The van der Waals surface area contributed by atoms with Gasteiger partial charge in [0, 0.05) is 11.4 Å². The van der Waals surface area contributed by atoms with Crippen LogP contribution >= 0.6 is 0 Å². The minimum absolute atomic E-state index is 0.132. The Morgan fingerprint density at radius 3 is 2.36 bits per heavy atom. The molecule has 0 unspecified atom stereocenters. The maximum atomic E-state index is 12.4. The van der Waals surface area contributed by atoms with Crippen molar-refractivity contribution in [3.05, 3.63) is 51.8 Å². The molecule has 0 radical (unpaired) electrons. The fourth-order valence-electron chi connectivity index (χ4n) is 2.81. The zero-order valence-corrected chi connectivity index (χ0v) is 17.1. The second kappa shape index (κ2) is 8.73. The highest BCUT2D eigenvalue weighted by Crippen LogP contribution is 2.21. The third kappa shape index (κ3) is 4.79. The molecule has 1 aromatic carbocycles. The monoisotopic (exact) mass is 386 g/mol. The summed E-state index contributed by atoms with van der Waals surface area (Å²) in [6.45, 7) is 10.2. The van der Waals surface area contributed by atoms with Crippen LogP contribution in [0, 0.1) is 27.7 Å². The number of esters is 2. The summed E-state index contributed by atoms with van der Waals surface area (Å²) in [5.41, 5.74) is 4.05. The van der Waals surface area contributed by atoms with Crippen molar-refractivity contribution < 1.29 is 23.9 Å². The topological polar surface area (TPSA) is 97.5 Å². The van der Waals surface area contributed by atoms with Gasteiger partial charge in [-0.05, 0) is 64.3 Å². The van der Waals surface area contributed by atoms with Gasteiger partial charge in [0.2, 0.25) is 0 Å². The summed E-state index contributed by atoms with van der Waals surface area (Å²) in [7, 11) is 0. The molecule has 1 heterocycles. The molecule has 2 N–H and O–H groups in total. The van der Waals surface area contributed by atoms with Gasteiger partial charge in [-0.1, -0.05) is 12.1 Å². The second-order valence-corrected chi connectivity index (χ2v) is 6.95. The Bertz CT molecular complexity index is 912. The van der Waals surface area contributed by atoms with E-state index in [2.05, 4.69) is 10.3 Å². The Hall–Kier alpha value is -3.09. The van der Waals surface area contributed by atoms with E-state index < -0.39 is 24.5 Å². The SMILES string of the molecule is Cc1cccc(NC(=O)COC(=O)c2[nH]c(C)c(C(=O)OC(C)C)c2C)c1C. The molecule has 2 aromatic rings. The third-order valence-electron chi connectivity index (χ3n) is 4.40. The summed E-state index contributed by atoms with van der Waals surface area (Å²) in [5.74, 6) is -1.66. The van der Waals surface area contributed by atoms with E-state index >= 15 is 0 Å². The van der Waals surface area contributed by atoms with Gasteiger partial charge in [-0.25, -0.2) is 9.59 Å². The maximum Gasteiger partial charge on any atom is 0.355 e. The van der Waals surface area contributed by atoms with E-state index in [-0.39, 0.29) is 11.8 Å². The van der Waals surface area contributed by atoms with Crippen molar-refractivity contribution in [2.75, 3.05) is 11.9 Å². The van der Waals surface area contributed by atoms with Gasteiger partial charge in [0.05, 0.1) is 11.7 Å². The van der Waals surface area contributed by atoms with Crippen LogP contribution in [-0.4, -0.2) is 35.5 Å². The zero-order valence-electron chi connectivity index (χ0n) is 17.1. The lowest BCUT2D eigenvalue weighted by atomic mass is 10.1. The Kier molecular flexibility index (Phi) is 6.62. The van der Waals surface area contributed by atoms with Crippen LogP contribution in [0.25, 0.3) is 0 Å². The van der Waals surface area contributed by atoms with E-state index in [0.29, 0.717) is 22.5 Å². The van der Waals surface area contributed by atoms with E-state index in [4.69, 9.17) is 9.47 Å². The fraction of sp³-hybridized carbons (Fsp3) is 0.381. The average molecular weight is 386 g/mol. The van der Waals surface area contributed by atoms with Gasteiger partial charge in [-0.15, -0.1) is 0 Å². The van der Waals surface area contributed by atoms with E-state index in [9.17, 15) is 14.4 Å². The molecule has 0 aliphatic heterocycles. The molecule has 0 atom stereocenters. The van der Waals surface area contributed by atoms with Crippen molar-refractivity contribution in [3.63, 3.8) is 0 Å². The zero-order chi connectivity index (χ0) is 21.0. The maximum absolute atomic E-state index is 12.4. The van der Waals surface area contributed by atoms with Gasteiger partial charge in [-0.3, -0.25) is 4.79 Å². The molecule has 2 rings (SSSR count). The number of ether oxygens (including phenoxy) is 2. The Morgan fingerprint density at radius 2 is 1.71 bits per heavy atom. The quantitative estimate of drug-likeness (QED) is 0.739. The lowest BCUT2D eigenvalue weighted by molar-refractivity contribution is -0.119. The van der Waals surface area contributed by atoms with Crippen LogP contribution in [-0.2, 0) is 14.3 Å². The molecule has 150 valence electrons. The normalized spacial score (nSPS) is 10.7. The molecule has 1 amide bonds. The Balaban J connectivity index is 2.04. The molecule has 28 heavy (non-hydrogen) atoms. The summed E-state index contributed by atoms with van der Waals surface area (Å²) in [5, 5.41) is 2.73. The summed E-state index contributed by atoms with van der Waals surface area (Å²) in [6.07, 6.45) is -0.273. The first kappa shape index (κ1) is 21.2. The summed E-state index contributed by atoms with van der Waals surface area (Å²) in [6, 6.07) is 5.57. The molecule has 0 saturated carbocycles. The minimum atomic E-state index is -0.708. The fourth-order valence-corrected chi connectivity index (χ4v) is 2.81. The van der Waals surface area contributed by atoms with Crippen LogP contribution in [0.1, 0.15) is 57.1 Å². The highest BCUT2D eigenvalue weighted by molar-refractivity contribution is 6.00. The number of aromatic amines is 1. The third-order valence-corrected chi connectivity index (χ3v) is 4.40. The first-order valence-electron chi connectivity index (χ1n) is 9.05. The van der Waals surface area contributed by atoms with Crippen LogP contribution < -0.4 is 5.32 Å². The lowest BCUT2D eigenvalue weighted by Gasteiger charge is -2.10. The summed E-state index contributed by atoms with van der Waals surface area (Å²) >= 11 is 0. The minimum Gasteiger partial charge on any atom is -0.459 e. The van der Waals surface area contributed by atoms with Gasteiger partial charge in [0.25, 0.3) is 5.91 Å². The van der Waals surface area contributed by atoms with Gasteiger partial charge < -0.3 is 19.8 Å². The smallest absolute Gasteiger partial charge is 0.355 e. The van der Waals surface area contributed by atoms with Gasteiger partial charge >= 0.3 is 11.9 Å². The van der Waals surface area contributed by atoms with Crippen LogP contribution in [0.15, 0.2) is 18.2 Å². The highest BCUT2D eigenvalue weighted by atomic mass is 16.5. The molecule has 0 saturated heterocycles. The Morgan fingerprint density at radius 1 is 1.04 bits per heavy atom. The molecule has 0 fully saturated rings. The number of anilines is 1. The standard InChI is InChI=1S/C21H26N2O5/c1-11(2)28-20(25)18-14(5)19(22-15(18)6)21(26)27-10-17(24)23-16-9-7-8-12(3)13(16)4/h7-9,11,22H,10H2,1-6H3,(H,23,24). The van der Waals surface area contributed by atoms with E-state index in [0.717, 1.165) is 11.1 Å². The van der Waals surface area contributed by atoms with Crippen molar-refractivity contribution in [1.82, 2.24) is 4.98 Å². The van der Waals surface area contributed by atoms with Crippen LogP contribution in [0.5, 0.6) is 0 Å². The van der Waals surface area contributed by atoms with Gasteiger partial charge in [0.1, 0.15) is 5.69 Å². The molecule has 0 aliphatic rings. The molecule has 0 bridgehead atoms. The molecular formula is C21H26N2O5. The van der Waals surface area contributed by atoms with E-state index in [1.807, 2.05) is 26.0 Å². The number of benzene rings is 1. The summed E-state index contributed by atoms with van der Waals surface area (Å²) in [4.78, 5) is 39.5. The number of rotatable bonds is 6. The van der Waals surface area contributed by atoms with Crippen molar-refractivity contribution >= 4 is 23.5 Å². The molecule has 0 aliphatic carbocycles. The van der Waals surface area contributed by atoms with Crippen molar-refractivity contribution in [2.45, 2.75) is 47.6 Å². The highest BCUT2D eigenvalue weighted by Gasteiger charge is 2.24. The first-order valence-corrected chi connectivity index (χ1v) is 9.05. The van der Waals surface area contributed by atoms with Gasteiger partial charge in [-0.2, -0.15) is 0 Å². The second-order valence-electron chi connectivity index (χ2n) is 6.95. The van der Waals surface area contributed by atoms with E-state index in [1.165, 1.54) is 0 Å². The number of hydrogen-bond acceptors (Lipinski definition) is 5. The number of carbonyl (C=O) groups is 3. The molecular weight excluding hydrogens is 360 g/mol. The number of aromatic nitrogens is 1. The molecule has 7 nitrogen and oxygen atoms in total. The number of H-pyrrole nitrogens is 1. The summed E-state index contributed by atoms with van der Waals surface area (Å²) < 4.78 is 10.3. The number of aryl methyl sites for hydroxylation is 2. The predicted octanol–water partition coefficient (Wildman–Crippen LogP) is 3.61. The Labute approximate surface area is 164 Å².